The molecule has 0 fully saturated rings. The SMILES string of the molecule is CC(C)CNc1nc(Nc2cccc(F)c2)cc(-c2ccccc2)n1. The van der Waals surface area contributed by atoms with Gasteiger partial charge in [-0.3, -0.25) is 0 Å². The molecule has 1 heterocycles. The summed E-state index contributed by atoms with van der Waals surface area (Å²) in [5.74, 6) is 1.35. The fourth-order valence-electron chi connectivity index (χ4n) is 2.36. The Hall–Kier alpha value is -2.95. The van der Waals surface area contributed by atoms with Gasteiger partial charge in [0.15, 0.2) is 0 Å². The molecule has 0 bridgehead atoms. The highest BCUT2D eigenvalue weighted by molar-refractivity contribution is 5.67. The number of halogens is 1. The number of nitrogens with one attached hydrogen (secondary N) is 2. The molecule has 5 heteroatoms. The molecule has 128 valence electrons. The maximum atomic E-state index is 13.4. The highest BCUT2D eigenvalue weighted by atomic mass is 19.1. The van der Waals surface area contributed by atoms with Gasteiger partial charge in [-0.2, -0.15) is 4.98 Å². The number of nitrogens with zero attached hydrogens (tertiary/aromatic N) is 2. The summed E-state index contributed by atoms with van der Waals surface area (Å²) in [6.45, 7) is 5.03. The maximum absolute atomic E-state index is 13.4. The summed E-state index contributed by atoms with van der Waals surface area (Å²) in [7, 11) is 0. The van der Waals surface area contributed by atoms with Crippen molar-refractivity contribution in [3.05, 3.63) is 66.5 Å². The van der Waals surface area contributed by atoms with Crippen LogP contribution in [0.25, 0.3) is 11.3 Å². The highest BCUT2D eigenvalue weighted by Gasteiger charge is 2.08. The van der Waals surface area contributed by atoms with Crippen molar-refractivity contribution in [2.75, 3.05) is 17.2 Å². The third-order valence-electron chi connectivity index (χ3n) is 3.56. The topological polar surface area (TPSA) is 49.8 Å². The van der Waals surface area contributed by atoms with Gasteiger partial charge in [0.1, 0.15) is 11.6 Å². The van der Waals surface area contributed by atoms with Gasteiger partial charge < -0.3 is 10.6 Å². The van der Waals surface area contributed by atoms with Gasteiger partial charge in [-0.1, -0.05) is 50.2 Å². The molecule has 2 N–H and O–H groups in total. The smallest absolute Gasteiger partial charge is 0.225 e. The lowest BCUT2D eigenvalue weighted by atomic mass is 10.1. The molecule has 0 atom stereocenters. The van der Waals surface area contributed by atoms with Crippen molar-refractivity contribution in [3.63, 3.8) is 0 Å². The molecule has 0 aliphatic rings. The Kier molecular flexibility index (Phi) is 5.23. The molecule has 0 amide bonds. The Morgan fingerprint density at radius 2 is 1.76 bits per heavy atom. The normalized spacial score (nSPS) is 10.7. The molecule has 0 saturated carbocycles. The molecule has 2 aromatic carbocycles. The molecular formula is C20H21FN4. The van der Waals surface area contributed by atoms with Crippen LogP contribution in [0.3, 0.4) is 0 Å². The fourth-order valence-corrected chi connectivity index (χ4v) is 2.36. The van der Waals surface area contributed by atoms with Crippen LogP contribution in [0.5, 0.6) is 0 Å². The number of benzene rings is 2. The molecule has 0 saturated heterocycles. The van der Waals surface area contributed by atoms with Gasteiger partial charge in [0, 0.05) is 23.9 Å². The second-order valence-electron chi connectivity index (χ2n) is 6.24. The van der Waals surface area contributed by atoms with Crippen LogP contribution >= 0.6 is 0 Å². The minimum Gasteiger partial charge on any atom is -0.354 e. The Morgan fingerprint density at radius 1 is 0.960 bits per heavy atom. The van der Waals surface area contributed by atoms with Crippen LogP contribution in [0.4, 0.5) is 21.8 Å². The Morgan fingerprint density at radius 3 is 2.48 bits per heavy atom. The van der Waals surface area contributed by atoms with Crippen LogP contribution in [0.2, 0.25) is 0 Å². The van der Waals surface area contributed by atoms with E-state index in [4.69, 9.17) is 0 Å². The van der Waals surface area contributed by atoms with Crippen LogP contribution in [0, 0.1) is 11.7 Å². The van der Waals surface area contributed by atoms with Gasteiger partial charge >= 0.3 is 0 Å². The van der Waals surface area contributed by atoms with E-state index < -0.39 is 0 Å². The lowest BCUT2D eigenvalue weighted by molar-refractivity contribution is 0.628. The van der Waals surface area contributed by atoms with E-state index in [9.17, 15) is 4.39 Å². The summed E-state index contributed by atoms with van der Waals surface area (Å²) >= 11 is 0. The second kappa shape index (κ2) is 7.75. The first-order valence-electron chi connectivity index (χ1n) is 8.31. The zero-order valence-corrected chi connectivity index (χ0v) is 14.3. The van der Waals surface area contributed by atoms with Crippen molar-refractivity contribution in [2.45, 2.75) is 13.8 Å². The van der Waals surface area contributed by atoms with Crippen LogP contribution in [-0.2, 0) is 0 Å². The number of rotatable bonds is 6. The number of hydrogen-bond donors (Lipinski definition) is 2. The van der Waals surface area contributed by atoms with Gasteiger partial charge in [-0.05, 0) is 24.1 Å². The lowest BCUT2D eigenvalue weighted by Gasteiger charge is -2.12. The summed E-state index contributed by atoms with van der Waals surface area (Å²) in [6.07, 6.45) is 0. The average Bonchev–Trinajstić information content (AvgIpc) is 2.60. The number of anilines is 3. The first-order valence-corrected chi connectivity index (χ1v) is 8.31. The summed E-state index contributed by atoms with van der Waals surface area (Å²) in [4.78, 5) is 9.10. The molecule has 1 aromatic heterocycles. The molecule has 25 heavy (non-hydrogen) atoms. The Balaban J connectivity index is 1.94. The van der Waals surface area contributed by atoms with Crippen LogP contribution in [-0.4, -0.2) is 16.5 Å². The third-order valence-corrected chi connectivity index (χ3v) is 3.56. The molecule has 3 rings (SSSR count). The number of aromatic nitrogens is 2. The number of hydrogen-bond acceptors (Lipinski definition) is 4. The highest BCUT2D eigenvalue weighted by Crippen LogP contribution is 2.24. The quantitative estimate of drug-likeness (QED) is 0.658. The monoisotopic (exact) mass is 336 g/mol. The Bertz CT molecular complexity index is 834. The van der Waals surface area contributed by atoms with Crippen LogP contribution in [0.15, 0.2) is 60.7 Å². The van der Waals surface area contributed by atoms with E-state index in [0.717, 1.165) is 17.8 Å². The van der Waals surface area contributed by atoms with Gasteiger partial charge in [-0.25, -0.2) is 9.37 Å². The van der Waals surface area contributed by atoms with E-state index in [-0.39, 0.29) is 5.82 Å². The van der Waals surface area contributed by atoms with Gasteiger partial charge in [0.05, 0.1) is 5.69 Å². The first kappa shape index (κ1) is 16.9. The molecule has 0 radical (unpaired) electrons. The van der Waals surface area contributed by atoms with Crippen LogP contribution in [0.1, 0.15) is 13.8 Å². The molecule has 0 spiro atoms. The fraction of sp³-hybridized carbons (Fsp3) is 0.200. The van der Waals surface area contributed by atoms with Crippen LogP contribution < -0.4 is 10.6 Å². The van der Waals surface area contributed by atoms with Crippen molar-refractivity contribution < 1.29 is 4.39 Å². The van der Waals surface area contributed by atoms with Crippen molar-refractivity contribution in [3.8, 4) is 11.3 Å². The van der Waals surface area contributed by atoms with Crippen molar-refractivity contribution in [1.29, 1.82) is 0 Å². The van der Waals surface area contributed by atoms with E-state index in [0.29, 0.717) is 23.4 Å². The molecular weight excluding hydrogens is 315 g/mol. The van der Waals surface area contributed by atoms with Gasteiger partial charge in [0.2, 0.25) is 5.95 Å². The molecule has 4 nitrogen and oxygen atoms in total. The first-order chi connectivity index (χ1) is 12.1. The molecule has 3 aromatic rings. The van der Waals surface area contributed by atoms with E-state index in [2.05, 4.69) is 34.4 Å². The van der Waals surface area contributed by atoms with Gasteiger partial charge in [0.25, 0.3) is 0 Å². The zero-order chi connectivity index (χ0) is 17.6. The van der Waals surface area contributed by atoms with Crippen molar-refractivity contribution in [1.82, 2.24) is 9.97 Å². The van der Waals surface area contributed by atoms with Crippen molar-refractivity contribution >= 4 is 17.5 Å². The van der Waals surface area contributed by atoms with Crippen molar-refractivity contribution in [2.24, 2.45) is 5.92 Å². The Labute approximate surface area is 147 Å². The third kappa shape index (κ3) is 4.76. The molecule has 0 aliphatic carbocycles. The summed E-state index contributed by atoms with van der Waals surface area (Å²) < 4.78 is 13.4. The lowest BCUT2D eigenvalue weighted by Crippen LogP contribution is -2.11. The van der Waals surface area contributed by atoms with E-state index in [1.807, 2.05) is 36.4 Å². The maximum Gasteiger partial charge on any atom is 0.225 e. The predicted molar refractivity (Wildman–Crippen MR) is 100 cm³/mol. The largest absolute Gasteiger partial charge is 0.354 e. The minimum absolute atomic E-state index is 0.291. The van der Waals surface area contributed by atoms with E-state index in [1.165, 1.54) is 12.1 Å². The van der Waals surface area contributed by atoms with E-state index >= 15 is 0 Å². The molecule has 0 aliphatic heterocycles. The molecule has 0 unspecified atom stereocenters. The summed E-state index contributed by atoms with van der Waals surface area (Å²) in [5.41, 5.74) is 2.45. The van der Waals surface area contributed by atoms with Gasteiger partial charge in [-0.15, -0.1) is 0 Å². The predicted octanol–water partition coefficient (Wildman–Crippen LogP) is 5.09. The average molecular weight is 336 g/mol. The standard InChI is InChI=1S/C20H21FN4/c1-14(2)13-22-20-24-18(15-7-4-3-5-8-15)12-19(25-20)23-17-10-6-9-16(21)11-17/h3-12,14H,13H2,1-2H3,(H2,22,23,24,25). The summed E-state index contributed by atoms with van der Waals surface area (Å²) in [5, 5.41) is 6.41. The van der Waals surface area contributed by atoms with E-state index in [1.54, 1.807) is 12.1 Å². The minimum atomic E-state index is -0.291. The zero-order valence-electron chi connectivity index (χ0n) is 14.3. The second-order valence-corrected chi connectivity index (χ2v) is 6.24. The summed E-state index contributed by atoms with van der Waals surface area (Å²) in [6, 6.07) is 18.1.